The molecule has 1 amide bonds. The summed E-state index contributed by atoms with van der Waals surface area (Å²) in [6.45, 7) is 8.29. The van der Waals surface area contributed by atoms with Crippen LogP contribution >= 0.6 is 0 Å². The second-order valence-corrected chi connectivity index (χ2v) is 6.62. The van der Waals surface area contributed by atoms with Gasteiger partial charge in [0.2, 0.25) is 0 Å². The van der Waals surface area contributed by atoms with Crippen molar-refractivity contribution in [3.63, 3.8) is 0 Å². The normalized spacial score (nSPS) is 12.6. The summed E-state index contributed by atoms with van der Waals surface area (Å²) in [5, 5.41) is 8.20. The van der Waals surface area contributed by atoms with Crippen LogP contribution in [0.2, 0.25) is 0 Å². The van der Waals surface area contributed by atoms with E-state index in [9.17, 15) is 9.18 Å². The van der Waals surface area contributed by atoms with Crippen LogP contribution in [-0.4, -0.2) is 26.8 Å². The van der Waals surface area contributed by atoms with E-state index in [1.54, 1.807) is 6.07 Å². The van der Waals surface area contributed by atoms with Gasteiger partial charge in [-0.2, -0.15) is 5.10 Å². The number of halogens is 1. The van der Waals surface area contributed by atoms with Gasteiger partial charge in [-0.25, -0.2) is 4.39 Å². The Balaban J connectivity index is 1.82. The molecule has 0 aliphatic heterocycles. The van der Waals surface area contributed by atoms with Gasteiger partial charge in [-0.1, -0.05) is 0 Å². The summed E-state index contributed by atoms with van der Waals surface area (Å²) >= 11 is 0. The molecule has 1 unspecified atom stereocenters. The maximum atomic E-state index is 13.5. The Bertz CT molecular complexity index is 954. The molecule has 0 aliphatic carbocycles. The first kappa shape index (κ1) is 17.2. The number of carbonyl (C=O) groups excluding carboxylic acids is 1. The third-order valence-electron chi connectivity index (χ3n) is 4.65. The molecule has 1 atom stereocenters. The van der Waals surface area contributed by atoms with Crippen molar-refractivity contribution in [2.75, 3.05) is 6.54 Å². The van der Waals surface area contributed by atoms with E-state index in [2.05, 4.69) is 10.4 Å². The van der Waals surface area contributed by atoms with E-state index in [1.807, 2.05) is 50.1 Å². The van der Waals surface area contributed by atoms with Crippen LogP contribution in [-0.2, 0) is 7.05 Å². The third-order valence-corrected chi connectivity index (χ3v) is 4.65. The van der Waals surface area contributed by atoms with Crippen LogP contribution in [0.4, 0.5) is 4.39 Å². The van der Waals surface area contributed by atoms with Crippen LogP contribution < -0.4 is 5.32 Å². The molecule has 0 spiro atoms. The first-order chi connectivity index (χ1) is 11.8. The van der Waals surface area contributed by atoms with E-state index in [1.165, 1.54) is 12.1 Å². The predicted octanol–water partition coefficient (Wildman–Crippen LogP) is 3.43. The average Bonchev–Trinajstić information content (AvgIpc) is 3.02. The van der Waals surface area contributed by atoms with Gasteiger partial charge in [0.15, 0.2) is 0 Å². The van der Waals surface area contributed by atoms with Gasteiger partial charge in [0.25, 0.3) is 5.91 Å². The lowest BCUT2D eigenvalue weighted by molar-refractivity contribution is 0.0939. The molecule has 0 bridgehead atoms. The van der Waals surface area contributed by atoms with Gasteiger partial charge in [0.1, 0.15) is 11.5 Å². The van der Waals surface area contributed by atoms with Crippen molar-refractivity contribution in [1.29, 1.82) is 0 Å². The highest BCUT2D eigenvalue weighted by Gasteiger charge is 2.19. The van der Waals surface area contributed by atoms with E-state index in [4.69, 9.17) is 0 Å². The lowest BCUT2D eigenvalue weighted by Gasteiger charge is -2.16. The summed E-state index contributed by atoms with van der Waals surface area (Å²) in [5.41, 5.74) is 4.21. The van der Waals surface area contributed by atoms with Gasteiger partial charge in [-0.3, -0.25) is 9.48 Å². The zero-order valence-corrected chi connectivity index (χ0v) is 15.2. The summed E-state index contributed by atoms with van der Waals surface area (Å²) in [4.78, 5) is 12.7. The van der Waals surface area contributed by atoms with Crippen LogP contribution in [0.3, 0.4) is 0 Å². The fraction of sp³-hybridized carbons (Fsp3) is 0.368. The Morgan fingerprint density at radius 3 is 2.64 bits per heavy atom. The minimum atomic E-state index is -0.300. The number of hydrogen-bond acceptors (Lipinski definition) is 2. The Morgan fingerprint density at radius 1 is 1.28 bits per heavy atom. The molecular weight excluding hydrogens is 319 g/mol. The van der Waals surface area contributed by atoms with E-state index < -0.39 is 0 Å². The van der Waals surface area contributed by atoms with Crippen molar-refractivity contribution in [2.45, 2.75) is 33.7 Å². The molecule has 1 aromatic carbocycles. The molecule has 0 saturated heterocycles. The Labute approximate surface area is 146 Å². The molecule has 25 heavy (non-hydrogen) atoms. The van der Waals surface area contributed by atoms with Crippen molar-refractivity contribution in [3.05, 3.63) is 52.7 Å². The number of benzene rings is 1. The topological polar surface area (TPSA) is 51.9 Å². The monoisotopic (exact) mass is 342 g/mol. The fourth-order valence-electron chi connectivity index (χ4n) is 3.43. The van der Waals surface area contributed by atoms with Crippen molar-refractivity contribution in [1.82, 2.24) is 19.7 Å². The lowest BCUT2D eigenvalue weighted by atomic mass is 10.1. The van der Waals surface area contributed by atoms with Crippen molar-refractivity contribution < 1.29 is 9.18 Å². The summed E-state index contributed by atoms with van der Waals surface area (Å²) in [7, 11) is 1.83. The number of hydrogen-bond donors (Lipinski definition) is 1. The van der Waals surface area contributed by atoms with Gasteiger partial charge in [-0.15, -0.1) is 0 Å². The summed E-state index contributed by atoms with van der Waals surface area (Å²) in [5.74, 6) is -0.462. The van der Waals surface area contributed by atoms with E-state index in [-0.39, 0.29) is 17.8 Å². The zero-order chi connectivity index (χ0) is 18.3. The molecule has 0 saturated carbocycles. The van der Waals surface area contributed by atoms with Crippen LogP contribution in [0.5, 0.6) is 0 Å². The number of carbonyl (C=O) groups is 1. The standard InChI is InChI=1S/C19H23FN4O/c1-11-8-12(2)24(22-11)13(3)10-21-19(25)18-14(4)16-9-15(20)6-7-17(16)23(18)5/h6-9,13H,10H2,1-5H3,(H,21,25). The molecule has 2 aromatic heterocycles. The molecule has 132 valence electrons. The number of fused-ring (bicyclic) bond motifs is 1. The van der Waals surface area contributed by atoms with E-state index in [0.717, 1.165) is 27.9 Å². The maximum Gasteiger partial charge on any atom is 0.268 e. The van der Waals surface area contributed by atoms with Crippen LogP contribution in [0, 0.1) is 26.6 Å². The minimum absolute atomic E-state index is 0.0464. The first-order valence-corrected chi connectivity index (χ1v) is 8.35. The minimum Gasteiger partial charge on any atom is -0.349 e. The Morgan fingerprint density at radius 2 is 2.00 bits per heavy atom. The molecule has 5 nitrogen and oxygen atoms in total. The quantitative estimate of drug-likeness (QED) is 0.790. The molecule has 6 heteroatoms. The van der Waals surface area contributed by atoms with Gasteiger partial charge < -0.3 is 9.88 Å². The molecule has 3 rings (SSSR count). The third kappa shape index (κ3) is 3.04. The van der Waals surface area contributed by atoms with Crippen molar-refractivity contribution >= 4 is 16.8 Å². The molecule has 1 N–H and O–H groups in total. The SMILES string of the molecule is Cc1cc(C)n(C(C)CNC(=O)c2c(C)c3cc(F)ccc3n2C)n1. The Hall–Kier alpha value is -2.63. The predicted molar refractivity (Wildman–Crippen MR) is 96.4 cm³/mol. The van der Waals surface area contributed by atoms with Gasteiger partial charge >= 0.3 is 0 Å². The summed E-state index contributed by atoms with van der Waals surface area (Å²) in [6, 6.07) is 6.65. The average molecular weight is 342 g/mol. The molecule has 0 aliphatic rings. The second-order valence-electron chi connectivity index (χ2n) is 6.62. The number of rotatable bonds is 4. The maximum absolute atomic E-state index is 13.5. The number of nitrogens with zero attached hydrogens (tertiary/aromatic N) is 3. The zero-order valence-electron chi connectivity index (χ0n) is 15.2. The van der Waals surface area contributed by atoms with Crippen molar-refractivity contribution in [3.8, 4) is 0 Å². The fourth-order valence-corrected chi connectivity index (χ4v) is 3.43. The van der Waals surface area contributed by atoms with Crippen LogP contribution in [0.15, 0.2) is 24.3 Å². The second kappa shape index (κ2) is 6.35. The Kier molecular flexibility index (Phi) is 4.37. The molecular formula is C19H23FN4O. The first-order valence-electron chi connectivity index (χ1n) is 8.35. The number of aryl methyl sites for hydroxylation is 4. The number of nitrogens with one attached hydrogen (secondary N) is 1. The van der Waals surface area contributed by atoms with E-state index >= 15 is 0 Å². The highest BCUT2D eigenvalue weighted by Crippen LogP contribution is 2.25. The molecule has 0 fully saturated rings. The highest BCUT2D eigenvalue weighted by atomic mass is 19.1. The van der Waals surface area contributed by atoms with Gasteiger partial charge in [-0.05, 0) is 57.5 Å². The summed E-state index contributed by atoms with van der Waals surface area (Å²) < 4.78 is 17.2. The van der Waals surface area contributed by atoms with E-state index in [0.29, 0.717) is 12.2 Å². The smallest absolute Gasteiger partial charge is 0.268 e. The number of amides is 1. The molecule has 0 radical (unpaired) electrons. The largest absolute Gasteiger partial charge is 0.349 e. The summed E-state index contributed by atoms with van der Waals surface area (Å²) in [6.07, 6.45) is 0. The van der Waals surface area contributed by atoms with Gasteiger partial charge in [0, 0.05) is 30.2 Å². The van der Waals surface area contributed by atoms with Gasteiger partial charge in [0.05, 0.1) is 11.7 Å². The highest BCUT2D eigenvalue weighted by molar-refractivity contribution is 6.01. The van der Waals surface area contributed by atoms with Crippen LogP contribution in [0.25, 0.3) is 10.9 Å². The molecule has 3 aromatic rings. The van der Waals surface area contributed by atoms with Crippen LogP contribution in [0.1, 0.15) is 40.4 Å². The molecule has 2 heterocycles. The number of aromatic nitrogens is 3. The van der Waals surface area contributed by atoms with Crippen molar-refractivity contribution in [2.24, 2.45) is 7.05 Å². The lowest BCUT2D eigenvalue weighted by Crippen LogP contribution is -2.31.